The standard InChI is InChI=1S/C13H19F3N4/c1-20(8-9-5-3-2-4-6-9)11-7-10(17)18-12(19-11)13(14,15)16/h7,9H,2-6,8H2,1H3,(H2,17,18,19). The molecule has 20 heavy (non-hydrogen) atoms. The molecule has 0 aliphatic heterocycles. The van der Waals surface area contributed by atoms with Gasteiger partial charge < -0.3 is 10.6 Å². The maximum Gasteiger partial charge on any atom is 0.451 e. The highest BCUT2D eigenvalue weighted by molar-refractivity contribution is 5.46. The van der Waals surface area contributed by atoms with Gasteiger partial charge in [0.05, 0.1) is 0 Å². The van der Waals surface area contributed by atoms with Crippen LogP contribution in [0.3, 0.4) is 0 Å². The maximum atomic E-state index is 12.7. The van der Waals surface area contributed by atoms with Gasteiger partial charge in [0.2, 0.25) is 5.82 Å². The summed E-state index contributed by atoms with van der Waals surface area (Å²) in [6, 6.07) is 1.39. The van der Waals surface area contributed by atoms with E-state index in [-0.39, 0.29) is 11.6 Å². The Morgan fingerprint density at radius 3 is 2.50 bits per heavy atom. The Morgan fingerprint density at radius 2 is 1.90 bits per heavy atom. The molecule has 0 atom stereocenters. The summed E-state index contributed by atoms with van der Waals surface area (Å²) < 4.78 is 38.0. The lowest BCUT2D eigenvalue weighted by molar-refractivity contribution is -0.144. The van der Waals surface area contributed by atoms with Gasteiger partial charge in [-0.2, -0.15) is 13.2 Å². The molecule has 0 amide bonds. The second-order valence-electron chi connectivity index (χ2n) is 5.36. The highest BCUT2D eigenvalue weighted by Crippen LogP contribution is 2.29. The monoisotopic (exact) mass is 288 g/mol. The highest BCUT2D eigenvalue weighted by atomic mass is 19.4. The Labute approximate surface area is 116 Å². The van der Waals surface area contributed by atoms with Crippen molar-refractivity contribution in [2.45, 2.75) is 38.3 Å². The first-order valence-corrected chi connectivity index (χ1v) is 6.79. The average Bonchev–Trinajstić information content (AvgIpc) is 2.38. The Kier molecular flexibility index (Phi) is 4.35. The van der Waals surface area contributed by atoms with E-state index in [0.29, 0.717) is 12.5 Å². The first kappa shape index (κ1) is 14.9. The summed E-state index contributed by atoms with van der Waals surface area (Å²) in [6.45, 7) is 0.702. The van der Waals surface area contributed by atoms with Crippen LogP contribution in [0.5, 0.6) is 0 Å². The molecular formula is C13H19F3N4. The van der Waals surface area contributed by atoms with Gasteiger partial charge in [0, 0.05) is 19.7 Å². The molecule has 2 N–H and O–H groups in total. The highest BCUT2D eigenvalue weighted by Gasteiger charge is 2.35. The number of halogens is 3. The summed E-state index contributed by atoms with van der Waals surface area (Å²) in [4.78, 5) is 8.57. The third kappa shape index (κ3) is 3.74. The van der Waals surface area contributed by atoms with E-state index < -0.39 is 12.0 Å². The van der Waals surface area contributed by atoms with Gasteiger partial charge in [0.15, 0.2) is 0 Å². The molecular weight excluding hydrogens is 269 g/mol. The molecule has 2 rings (SSSR count). The van der Waals surface area contributed by atoms with E-state index in [1.54, 1.807) is 11.9 Å². The quantitative estimate of drug-likeness (QED) is 0.928. The van der Waals surface area contributed by atoms with Gasteiger partial charge >= 0.3 is 6.18 Å². The first-order valence-electron chi connectivity index (χ1n) is 6.79. The summed E-state index contributed by atoms with van der Waals surface area (Å²) in [5.74, 6) is -0.588. The fourth-order valence-corrected chi connectivity index (χ4v) is 2.63. The topological polar surface area (TPSA) is 55.0 Å². The van der Waals surface area contributed by atoms with Crippen molar-refractivity contribution in [1.29, 1.82) is 0 Å². The van der Waals surface area contributed by atoms with Gasteiger partial charge in [0.1, 0.15) is 11.6 Å². The average molecular weight is 288 g/mol. The number of anilines is 2. The normalized spacial score (nSPS) is 17.2. The van der Waals surface area contributed by atoms with E-state index in [2.05, 4.69) is 9.97 Å². The maximum absolute atomic E-state index is 12.7. The Morgan fingerprint density at radius 1 is 1.25 bits per heavy atom. The van der Waals surface area contributed by atoms with Gasteiger partial charge in [-0.05, 0) is 18.8 Å². The lowest BCUT2D eigenvalue weighted by Crippen LogP contribution is -2.28. The summed E-state index contributed by atoms with van der Waals surface area (Å²) in [7, 11) is 1.75. The fourth-order valence-electron chi connectivity index (χ4n) is 2.63. The molecule has 1 aliphatic rings. The van der Waals surface area contributed by atoms with E-state index in [0.717, 1.165) is 12.8 Å². The van der Waals surface area contributed by atoms with E-state index in [4.69, 9.17) is 5.73 Å². The molecule has 1 aromatic rings. The molecule has 0 aromatic carbocycles. The minimum Gasteiger partial charge on any atom is -0.384 e. The van der Waals surface area contributed by atoms with Crippen LogP contribution in [0.1, 0.15) is 37.9 Å². The predicted molar refractivity (Wildman–Crippen MR) is 71.3 cm³/mol. The Bertz CT molecular complexity index is 455. The van der Waals surface area contributed by atoms with Crippen LogP contribution in [-0.2, 0) is 6.18 Å². The van der Waals surface area contributed by atoms with Crippen molar-refractivity contribution in [3.8, 4) is 0 Å². The zero-order valence-corrected chi connectivity index (χ0v) is 11.5. The molecule has 0 unspecified atom stereocenters. The Balaban J connectivity index is 2.12. The second kappa shape index (κ2) is 5.85. The number of alkyl halides is 3. The van der Waals surface area contributed by atoms with Crippen molar-refractivity contribution >= 4 is 11.6 Å². The molecule has 4 nitrogen and oxygen atoms in total. The van der Waals surface area contributed by atoms with Crippen molar-refractivity contribution < 1.29 is 13.2 Å². The van der Waals surface area contributed by atoms with Crippen molar-refractivity contribution in [3.63, 3.8) is 0 Å². The van der Waals surface area contributed by atoms with Gasteiger partial charge in [-0.1, -0.05) is 19.3 Å². The molecule has 1 fully saturated rings. The molecule has 7 heteroatoms. The van der Waals surface area contributed by atoms with Gasteiger partial charge in [0.25, 0.3) is 0 Å². The van der Waals surface area contributed by atoms with E-state index in [1.807, 2.05) is 0 Å². The molecule has 0 spiro atoms. The van der Waals surface area contributed by atoms with Gasteiger partial charge in [-0.25, -0.2) is 9.97 Å². The van der Waals surface area contributed by atoms with Crippen molar-refractivity contribution in [2.24, 2.45) is 5.92 Å². The van der Waals surface area contributed by atoms with Crippen LogP contribution in [0.2, 0.25) is 0 Å². The smallest absolute Gasteiger partial charge is 0.384 e. The van der Waals surface area contributed by atoms with Crippen LogP contribution < -0.4 is 10.6 Å². The van der Waals surface area contributed by atoms with Crippen molar-refractivity contribution in [2.75, 3.05) is 24.2 Å². The van der Waals surface area contributed by atoms with E-state index >= 15 is 0 Å². The van der Waals surface area contributed by atoms with Crippen LogP contribution in [0, 0.1) is 5.92 Å². The number of nitrogens with two attached hydrogens (primary N) is 1. The van der Waals surface area contributed by atoms with E-state index in [9.17, 15) is 13.2 Å². The number of nitrogen functional groups attached to an aromatic ring is 1. The molecule has 0 bridgehead atoms. The number of hydrogen-bond acceptors (Lipinski definition) is 4. The van der Waals surface area contributed by atoms with Crippen LogP contribution in [0.4, 0.5) is 24.8 Å². The summed E-state index contributed by atoms with van der Waals surface area (Å²) in [6.07, 6.45) is 1.30. The van der Waals surface area contributed by atoms with Crippen molar-refractivity contribution in [3.05, 3.63) is 11.9 Å². The fraction of sp³-hybridized carbons (Fsp3) is 0.692. The summed E-state index contributed by atoms with van der Waals surface area (Å²) >= 11 is 0. The first-order chi connectivity index (χ1) is 9.36. The van der Waals surface area contributed by atoms with Crippen LogP contribution >= 0.6 is 0 Å². The summed E-state index contributed by atoms with van der Waals surface area (Å²) in [5, 5.41) is 0. The van der Waals surface area contributed by atoms with Crippen LogP contribution in [0.15, 0.2) is 6.07 Å². The minimum absolute atomic E-state index is 0.155. The third-order valence-corrected chi connectivity index (χ3v) is 3.63. The summed E-state index contributed by atoms with van der Waals surface area (Å²) in [5.41, 5.74) is 5.45. The molecule has 112 valence electrons. The molecule has 1 aromatic heterocycles. The lowest BCUT2D eigenvalue weighted by atomic mass is 9.89. The zero-order valence-electron chi connectivity index (χ0n) is 11.5. The second-order valence-corrected chi connectivity index (χ2v) is 5.36. The zero-order chi connectivity index (χ0) is 14.8. The Hall–Kier alpha value is -1.53. The van der Waals surface area contributed by atoms with Crippen LogP contribution in [-0.4, -0.2) is 23.6 Å². The van der Waals surface area contributed by atoms with Gasteiger partial charge in [-0.3, -0.25) is 0 Å². The van der Waals surface area contributed by atoms with Gasteiger partial charge in [-0.15, -0.1) is 0 Å². The van der Waals surface area contributed by atoms with Crippen LogP contribution in [0.25, 0.3) is 0 Å². The number of rotatable bonds is 3. The third-order valence-electron chi connectivity index (χ3n) is 3.63. The SMILES string of the molecule is CN(CC1CCCCC1)c1cc(N)nc(C(F)(F)F)n1. The van der Waals surface area contributed by atoms with E-state index in [1.165, 1.54) is 25.3 Å². The predicted octanol–water partition coefficient (Wildman–Crippen LogP) is 3.09. The largest absolute Gasteiger partial charge is 0.451 e. The number of hydrogen-bond donors (Lipinski definition) is 1. The molecule has 1 saturated carbocycles. The molecule has 1 heterocycles. The molecule has 0 saturated heterocycles. The molecule has 0 radical (unpaired) electrons. The number of aromatic nitrogens is 2. The lowest BCUT2D eigenvalue weighted by Gasteiger charge is -2.28. The molecule has 1 aliphatic carbocycles. The minimum atomic E-state index is -4.57. The number of nitrogens with zero attached hydrogens (tertiary/aromatic N) is 3. The van der Waals surface area contributed by atoms with Crippen molar-refractivity contribution in [1.82, 2.24) is 9.97 Å².